The predicted molar refractivity (Wildman–Crippen MR) is 84.0 cm³/mol. The largest absolute Gasteiger partial charge is 0.381 e. The normalized spacial score (nSPS) is 17.6. The lowest BCUT2D eigenvalue weighted by Crippen LogP contribution is -2.42. The number of ether oxygens (including phenoxy) is 1. The monoisotopic (exact) mass is 283 g/mol. The second-order valence-electron chi connectivity index (χ2n) is 5.99. The van der Waals surface area contributed by atoms with Gasteiger partial charge < -0.3 is 10.1 Å². The van der Waals surface area contributed by atoms with Crippen LogP contribution >= 0.6 is 0 Å². The summed E-state index contributed by atoms with van der Waals surface area (Å²) in [4.78, 5) is 12.5. The Morgan fingerprint density at radius 2 is 1.86 bits per heavy atom. The molecular formula is C18H21NO2. The summed E-state index contributed by atoms with van der Waals surface area (Å²) in [5.74, 6) is 0.138. The van der Waals surface area contributed by atoms with Crippen LogP contribution in [0.3, 0.4) is 0 Å². The summed E-state index contributed by atoms with van der Waals surface area (Å²) in [6.07, 6.45) is 1.60. The number of carbonyl (C=O) groups excluding carboxylic acids is 1. The molecule has 0 atom stereocenters. The third-order valence-electron chi connectivity index (χ3n) is 4.46. The molecule has 3 nitrogen and oxygen atoms in total. The van der Waals surface area contributed by atoms with Crippen molar-refractivity contribution in [3.63, 3.8) is 0 Å². The predicted octanol–water partition coefficient (Wildman–Crippen LogP) is 3.27. The standard InChI is InChI=1S/C18H21NO2/c1-18(9-11-21-12-10-18)17(20)19-13-15-7-4-6-14-5-2-3-8-16(14)15/h2-8H,9-13H2,1H3,(H,19,20). The highest BCUT2D eigenvalue weighted by Crippen LogP contribution is 2.30. The van der Waals surface area contributed by atoms with E-state index in [1.54, 1.807) is 0 Å². The fourth-order valence-corrected chi connectivity index (χ4v) is 2.88. The molecule has 21 heavy (non-hydrogen) atoms. The maximum atomic E-state index is 12.5. The lowest BCUT2D eigenvalue weighted by Gasteiger charge is -2.32. The smallest absolute Gasteiger partial charge is 0.226 e. The Bertz CT molecular complexity index is 639. The molecule has 1 heterocycles. The van der Waals surface area contributed by atoms with E-state index in [2.05, 4.69) is 29.6 Å². The van der Waals surface area contributed by atoms with E-state index in [0.29, 0.717) is 19.8 Å². The second-order valence-corrected chi connectivity index (χ2v) is 5.99. The molecule has 0 aromatic heterocycles. The third kappa shape index (κ3) is 2.93. The van der Waals surface area contributed by atoms with Crippen LogP contribution in [0, 0.1) is 5.41 Å². The lowest BCUT2D eigenvalue weighted by atomic mass is 9.81. The summed E-state index contributed by atoms with van der Waals surface area (Å²) in [7, 11) is 0. The van der Waals surface area contributed by atoms with Crippen molar-refractivity contribution in [2.75, 3.05) is 13.2 Å². The van der Waals surface area contributed by atoms with Gasteiger partial charge in [-0.2, -0.15) is 0 Å². The van der Waals surface area contributed by atoms with Gasteiger partial charge in [0.05, 0.1) is 5.41 Å². The van der Waals surface area contributed by atoms with Crippen LogP contribution in [0.1, 0.15) is 25.3 Å². The summed E-state index contributed by atoms with van der Waals surface area (Å²) in [6, 6.07) is 14.5. The van der Waals surface area contributed by atoms with Gasteiger partial charge in [0.2, 0.25) is 5.91 Å². The molecule has 110 valence electrons. The van der Waals surface area contributed by atoms with E-state index in [0.717, 1.165) is 18.4 Å². The Morgan fingerprint density at radius 1 is 1.14 bits per heavy atom. The molecule has 2 aromatic rings. The minimum Gasteiger partial charge on any atom is -0.381 e. The van der Waals surface area contributed by atoms with E-state index in [1.807, 2.05) is 25.1 Å². The number of carbonyl (C=O) groups is 1. The average Bonchev–Trinajstić information content (AvgIpc) is 2.53. The van der Waals surface area contributed by atoms with E-state index in [9.17, 15) is 4.79 Å². The molecule has 3 rings (SSSR count). The molecule has 1 fully saturated rings. The minimum absolute atomic E-state index is 0.138. The van der Waals surface area contributed by atoms with Crippen LogP contribution in [0.25, 0.3) is 10.8 Å². The SMILES string of the molecule is CC1(C(=O)NCc2cccc3ccccc23)CCOCC1. The quantitative estimate of drug-likeness (QED) is 0.939. The lowest BCUT2D eigenvalue weighted by molar-refractivity contribution is -0.135. The first-order chi connectivity index (χ1) is 10.2. The van der Waals surface area contributed by atoms with Gasteiger partial charge in [0, 0.05) is 19.8 Å². The molecule has 0 unspecified atom stereocenters. The molecule has 3 heteroatoms. The van der Waals surface area contributed by atoms with Gasteiger partial charge in [-0.1, -0.05) is 49.4 Å². The number of hydrogen-bond acceptors (Lipinski definition) is 2. The van der Waals surface area contributed by atoms with Crippen LogP contribution in [-0.4, -0.2) is 19.1 Å². The van der Waals surface area contributed by atoms with Gasteiger partial charge in [0.15, 0.2) is 0 Å². The minimum atomic E-state index is -0.289. The number of hydrogen-bond donors (Lipinski definition) is 1. The molecule has 1 aliphatic heterocycles. The summed E-state index contributed by atoms with van der Waals surface area (Å²) in [5.41, 5.74) is 0.875. The van der Waals surface area contributed by atoms with E-state index in [4.69, 9.17) is 4.74 Å². The second kappa shape index (κ2) is 5.86. The third-order valence-corrected chi connectivity index (χ3v) is 4.46. The average molecular weight is 283 g/mol. The molecule has 1 N–H and O–H groups in total. The first-order valence-corrected chi connectivity index (χ1v) is 7.52. The zero-order valence-corrected chi connectivity index (χ0v) is 12.4. The Morgan fingerprint density at radius 3 is 2.67 bits per heavy atom. The Labute approximate surface area is 125 Å². The fourth-order valence-electron chi connectivity index (χ4n) is 2.88. The summed E-state index contributed by atoms with van der Waals surface area (Å²) < 4.78 is 5.36. The first-order valence-electron chi connectivity index (χ1n) is 7.52. The molecule has 1 saturated heterocycles. The first kappa shape index (κ1) is 14.1. The molecule has 0 aliphatic carbocycles. The fraction of sp³-hybridized carbons (Fsp3) is 0.389. The van der Waals surface area contributed by atoms with E-state index in [-0.39, 0.29) is 11.3 Å². The van der Waals surface area contributed by atoms with Gasteiger partial charge >= 0.3 is 0 Å². The van der Waals surface area contributed by atoms with Crippen molar-refractivity contribution in [3.8, 4) is 0 Å². The van der Waals surface area contributed by atoms with Gasteiger partial charge in [0.25, 0.3) is 0 Å². The molecule has 0 spiro atoms. The topological polar surface area (TPSA) is 38.3 Å². The Balaban J connectivity index is 1.73. The van der Waals surface area contributed by atoms with Crippen LogP contribution in [0.15, 0.2) is 42.5 Å². The van der Waals surface area contributed by atoms with Crippen molar-refractivity contribution in [3.05, 3.63) is 48.0 Å². The van der Waals surface area contributed by atoms with Crippen LogP contribution in [0.5, 0.6) is 0 Å². The van der Waals surface area contributed by atoms with Crippen molar-refractivity contribution in [2.45, 2.75) is 26.3 Å². The van der Waals surface area contributed by atoms with Gasteiger partial charge in [-0.15, -0.1) is 0 Å². The summed E-state index contributed by atoms with van der Waals surface area (Å²) in [6.45, 7) is 3.97. The molecule has 2 aromatic carbocycles. The van der Waals surface area contributed by atoms with Gasteiger partial charge in [-0.3, -0.25) is 4.79 Å². The molecule has 0 saturated carbocycles. The highest BCUT2D eigenvalue weighted by molar-refractivity contribution is 5.87. The zero-order chi connectivity index (χ0) is 14.7. The van der Waals surface area contributed by atoms with Crippen LogP contribution in [-0.2, 0) is 16.1 Å². The van der Waals surface area contributed by atoms with Crippen molar-refractivity contribution >= 4 is 16.7 Å². The van der Waals surface area contributed by atoms with E-state index >= 15 is 0 Å². The number of nitrogens with one attached hydrogen (secondary N) is 1. The summed E-state index contributed by atoms with van der Waals surface area (Å²) in [5, 5.41) is 5.52. The molecule has 1 amide bonds. The molecule has 0 radical (unpaired) electrons. The highest BCUT2D eigenvalue weighted by Gasteiger charge is 2.34. The van der Waals surface area contributed by atoms with Crippen LogP contribution < -0.4 is 5.32 Å². The Kier molecular flexibility index (Phi) is 3.93. The van der Waals surface area contributed by atoms with Crippen molar-refractivity contribution in [2.24, 2.45) is 5.41 Å². The molecular weight excluding hydrogens is 262 g/mol. The van der Waals surface area contributed by atoms with Gasteiger partial charge in [-0.05, 0) is 29.2 Å². The maximum Gasteiger partial charge on any atom is 0.226 e. The number of amides is 1. The van der Waals surface area contributed by atoms with Gasteiger partial charge in [0.1, 0.15) is 0 Å². The maximum absolute atomic E-state index is 12.5. The van der Waals surface area contributed by atoms with Crippen LogP contribution in [0.4, 0.5) is 0 Å². The van der Waals surface area contributed by atoms with Crippen molar-refractivity contribution < 1.29 is 9.53 Å². The van der Waals surface area contributed by atoms with Crippen molar-refractivity contribution in [1.82, 2.24) is 5.32 Å². The molecule has 0 bridgehead atoms. The Hall–Kier alpha value is -1.87. The van der Waals surface area contributed by atoms with Crippen LogP contribution in [0.2, 0.25) is 0 Å². The van der Waals surface area contributed by atoms with E-state index < -0.39 is 0 Å². The summed E-state index contributed by atoms with van der Waals surface area (Å²) >= 11 is 0. The molecule has 1 aliphatic rings. The van der Waals surface area contributed by atoms with E-state index in [1.165, 1.54) is 10.8 Å². The van der Waals surface area contributed by atoms with Crippen molar-refractivity contribution in [1.29, 1.82) is 0 Å². The number of rotatable bonds is 3. The number of fused-ring (bicyclic) bond motifs is 1. The zero-order valence-electron chi connectivity index (χ0n) is 12.4. The highest BCUT2D eigenvalue weighted by atomic mass is 16.5. The number of benzene rings is 2. The van der Waals surface area contributed by atoms with Gasteiger partial charge in [-0.25, -0.2) is 0 Å².